The lowest BCUT2D eigenvalue weighted by molar-refractivity contribution is 0.0601. The molecular weight excluding hydrogens is 366 g/mol. The average molecular weight is 387 g/mol. The van der Waals surface area contributed by atoms with Crippen molar-refractivity contribution in [3.63, 3.8) is 0 Å². The molecule has 0 aliphatic carbocycles. The van der Waals surface area contributed by atoms with Gasteiger partial charge < -0.3 is 15.0 Å². The molecule has 4 rings (SSSR count). The van der Waals surface area contributed by atoms with Crippen molar-refractivity contribution in [3.8, 4) is 0 Å². The third-order valence-corrected chi connectivity index (χ3v) is 5.02. The minimum absolute atomic E-state index is 0.0802. The SMILES string of the molecule is COC(=O)c1ccccc1Nc1cncc(C(=O)N2c3ccccc3CC2C)c1. The quantitative estimate of drug-likeness (QED) is 0.679. The number of fused-ring (bicyclic) bond motifs is 1. The Labute approximate surface area is 169 Å². The molecule has 0 radical (unpaired) electrons. The van der Waals surface area contributed by atoms with Gasteiger partial charge in [-0.05, 0) is 43.2 Å². The number of carbonyl (C=O) groups is 2. The van der Waals surface area contributed by atoms with E-state index >= 15 is 0 Å². The molecule has 1 unspecified atom stereocenters. The smallest absolute Gasteiger partial charge is 0.339 e. The van der Waals surface area contributed by atoms with Crippen LogP contribution in [0, 0.1) is 0 Å². The number of esters is 1. The Bertz CT molecular complexity index is 1080. The van der Waals surface area contributed by atoms with E-state index in [1.165, 1.54) is 12.7 Å². The molecule has 3 aromatic rings. The standard InChI is InChI=1S/C23H21N3O3/c1-15-11-16-7-3-6-10-21(16)26(15)22(27)17-12-18(14-24-13-17)25-20-9-5-4-8-19(20)23(28)29-2/h3-10,12-15,25H,11H2,1-2H3. The van der Waals surface area contributed by atoms with E-state index in [9.17, 15) is 9.59 Å². The fraction of sp³-hybridized carbons (Fsp3) is 0.174. The summed E-state index contributed by atoms with van der Waals surface area (Å²) in [5.41, 5.74) is 4.21. The van der Waals surface area contributed by atoms with Crippen molar-refractivity contribution in [1.29, 1.82) is 0 Å². The van der Waals surface area contributed by atoms with Crippen LogP contribution in [0.3, 0.4) is 0 Å². The first-order valence-electron chi connectivity index (χ1n) is 9.39. The summed E-state index contributed by atoms with van der Waals surface area (Å²) in [6.45, 7) is 2.04. The summed E-state index contributed by atoms with van der Waals surface area (Å²) < 4.78 is 4.83. The van der Waals surface area contributed by atoms with Crippen molar-refractivity contribution in [1.82, 2.24) is 4.98 Å². The van der Waals surface area contributed by atoms with E-state index in [0.717, 1.165) is 12.1 Å². The Kier molecular flexibility index (Phi) is 4.99. The fourth-order valence-corrected chi connectivity index (χ4v) is 3.67. The van der Waals surface area contributed by atoms with Crippen LogP contribution in [0.5, 0.6) is 0 Å². The molecule has 6 nitrogen and oxygen atoms in total. The zero-order valence-electron chi connectivity index (χ0n) is 16.3. The molecule has 0 fully saturated rings. The number of nitrogens with one attached hydrogen (secondary N) is 1. The maximum absolute atomic E-state index is 13.2. The van der Waals surface area contributed by atoms with Crippen LogP contribution >= 0.6 is 0 Å². The Morgan fingerprint density at radius 1 is 1.10 bits per heavy atom. The topological polar surface area (TPSA) is 71.5 Å². The number of anilines is 3. The summed E-state index contributed by atoms with van der Waals surface area (Å²) >= 11 is 0. The molecule has 1 N–H and O–H groups in total. The number of ether oxygens (including phenoxy) is 1. The van der Waals surface area contributed by atoms with Gasteiger partial charge in [-0.1, -0.05) is 30.3 Å². The van der Waals surface area contributed by atoms with Crippen LogP contribution in [0.4, 0.5) is 17.1 Å². The van der Waals surface area contributed by atoms with Gasteiger partial charge in [0.25, 0.3) is 5.91 Å². The second-order valence-electron chi connectivity index (χ2n) is 6.98. The molecule has 1 aliphatic heterocycles. The first-order chi connectivity index (χ1) is 14.1. The van der Waals surface area contributed by atoms with Gasteiger partial charge in [-0.3, -0.25) is 9.78 Å². The normalized spacial score (nSPS) is 15.0. The van der Waals surface area contributed by atoms with Gasteiger partial charge >= 0.3 is 5.97 Å². The highest BCUT2D eigenvalue weighted by Crippen LogP contribution is 2.33. The largest absolute Gasteiger partial charge is 0.465 e. The number of pyridine rings is 1. The van der Waals surface area contributed by atoms with E-state index in [4.69, 9.17) is 4.74 Å². The van der Waals surface area contributed by atoms with Crippen LogP contribution in [-0.2, 0) is 11.2 Å². The number of aromatic nitrogens is 1. The van der Waals surface area contributed by atoms with E-state index in [1.54, 1.807) is 36.7 Å². The lowest BCUT2D eigenvalue weighted by Crippen LogP contribution is -2.35. The van der Waals surface area contributed by atoms with Crippen LogP contribution in [0.25, 0.3) is 0 Å². The molecule has 0 saturated carbocycles. The minimum atomic E-state index is -0.434. The van der Waals surface area contributed by atoms with Crippen LogP contribution in [0.2, 0.25) is 0 Å². The first kappa shape index (κ1) is 18.7. The monoisotopic (exact) mass is 387 g/mol. The van der Waals surface area contributed by atoms with Crippen molar-refractivity contribution < 1.29 is 14.3 Å². The molecule has 2 heterocycles. The van der Waals surface area contributed by atoms with Crippen molar-refractivity contribution in [2.24, 2.45) is 0 Å². The highest BCUT2D eigenvalue weighted by atomic mass is 16.5. The molecular formula is C23H21N3O3. The Morgan fingerprint density at radius 3 is 2.69 bits per heavy atom. The molecule has 29 heavy (non-hydrogen) atoms. The number of nitrogens with zero attached hydrogens (tertiary/aromatic N) is 2. The fourth-order valence-electron chi connectivity index (χ4n) is 3.67. The molecule has 1 aliphatic rings. The summed E-state index contributed by atoms with van der Waals surface area (Å²) in [6.07, 6.45) is 4.01. The van der Waals surface area contributed by atoms with Crippen LogP contribution in [0.1, 0.15) is 33.2 Å². The van der Waals surface area contributed by atoms with Crippen molar-refractivity contribution in [2.45, 2.75) is 19.4 Å². The molecule has 0 spiro atoms. The van der Waals surface area contributed by atoms with Gasteiger partial charge in [0.05, 0.1) is 35.8 Å². The number of amides is 1. The second-order valence-corrected chi connectivity index (χ2v) is 6.98. The number of carbonyl (C=O) groups excluding carboxylic acids is 2. The number of methoxy groups -OCH3 is 1. The van der Waals surface area contributed by atoms with E-state index in [0.29, 0.717) is 22.5 Å². The predicted molar refractivity (Wildman–Crippen MR) is 112 cm³/mol. The molecule has 1 atom stereocenters. The highest BCUT2D eigenvalue weighted by molar-refractivity contribution is 6.08. The van der Waals surface area contributed by atoms with Gasteiger partial charge in [0.1, 0.15) is 0 Å². The molecule has 6 heteroatoms. The van der Waals surface area contributed by atoms with Gasteiger partial charge in [0.2, 0.25) is 0 Å². The summed E-state index contributed by atoms with van der Waals surface area (Å²) in [5.74, 6) is -0.532. The van der Waals surface area contributed by atoms with Gasteiger partial charge in [-0.15, -0.1) is 0 Å². The van der Waals surface area contributed by atoms with Crippen LogP contribution in [-0.4, -0.2) is 30.0 Å². The third-order valence-electron chi connectivity index (χ3n) is 5.02. The van der Waals surface area contributed by atoms with E-state index in [1.807, 2.05) is 36.1 Å². The van der Waals surface area contributed by atoms with Crippen LogP contribution in [0.15, 0.2) is 67.0 Å². The lowest BCUT2D eigenvalue weighted by Gasteiger charge is -2.23. The molecule has 1 aromatic heterocycles. The third kappa shape index (κ3) is 3.57. The summed E-state index contributed by atoms with van der Waals surface area (Å²) in [7, 11) is 1.34. The summed E-state index contributed by atoms with van der Waals surface area (Å²) in [4.78, 5) is 31.3. The number of benzene rings is 2. The zero-order chi connectivity index (χ0) is 20.4. The molecule has 1 amide bonds. The Balaban J connectivity index is 1.62. The zero-order valence-corrected chi connectivity index (χ0v) is 16.3. The lowest BCUT2D eigenvalue weighted by atomic mass is 10.1. The summed E-state index contributed by atoms with van der Waals surface area (Å²) in [6, 6.07) is 16.8. The maximum atomic E-state index is 13.2. The average Bonchev–Trinajstić information content (AvgIpc) is 3.09. The van der Waals surface area contributed by atoms with E-state index in [2.05, 4.69) is 16.4 Å². The van der Waals surface area contributed by atoms with Crippen molar-refractivity contribution >= 4 is 28.9 Å². The minimum Gasteiger partial charge on any atom is -0.465 e. The van der Waals surface area contributed by atoms with Gasteiger partial charge in [-0.25, -0.2) is 4.79 Å². The molecule has 0 bridgehead atoms. The van der Waals surface area contributed by atoms with Crippen molar-refractivity contribution in [2.75, 3.05) is 17.3 Å². The van der Waals surface area contributed by atoms with Gasteiger partial charge in [0.15, 0.2) is 0 Å². The Morgan fingerprint density at radius 2 is 1.86 bits per heavy atom. The van der Waals surface area contributed by atoms with E-state index < -0.39 is 5.97 Å². The maximum Gasteiger partial charge on any atom is 0.339 e. The first-order valence-corrected chi connectivity index (χ1v) is 9.39. The Hall–Kier alpha value is -3.67. The van der Waals surface area contributed by atoms with Crippen LogP contribution < -0.4 is 10.2 Å². The van der Waals surface area contributed by atoms with Gasteiger partial charge in [-0.2, -0.15) is 0 Å². The molecule has 0 saturated heterocycles. The molecule has 146 valence electrons. The van der Waals surface area contributed by atoms with Crippen molar-refractivity contribution in [3.05, 3.63) is 83.7 Å². The number of rotatable bonds is 4. The van der Waals surface area contributed by atoms with E-state index in [-0.39, 0.29) is 11.9 Å². The second kappa shape index (κ2) is 7.75. The highest BCUT2D eigenvalue weighted by Gasteiger charge is 2.31. The molecule has 2 aromatic carbocycles. The predicted octanol–water partition coefficient (Wildman–Crippen LogP) is 4.20. The summed E-state index contributed by atoms with van der Waals surface area (Å²) in [5, 5.41) is 3.17. The van der Waals surface area contributed by atoms with Gasteiger partial charge in [0, 0.05) is 17.9 Å². The number of hydrogen-bond donors (Lipinski definition) is 1. The number of hydrogen-bond acceptors (Lipinski definition) is 5. The number of para-hydroxylation sites is 2.